The van der Waals surface area contributed by atoms with E-state index in [1.165, 1.54) is 0 Å². The van der Waals surface area contributed by atoms with Gasteiger partial charge in [0.2, 0.25) is 0 Å². The Balaban J connectivity index is 2.51. The zero-order valence-electron chi connectivity index (χ0n) is 8.32. The van der Waals surface area contributed by atoms with Gasteiger partial charge in [-0.2, -0.15) is 0 Å². The fraction of sp³-hybridized carbons (Fsp3) is 0.889. The van der Waals surface area contributed by atoms with Crippen LogP contribution in [0.25, 0.3) is 0 Å². The van der Waals surface area contributed by atoms with Crippen molar-refractivity contribution in [2.45, 2.75) is 32.4 Å². The number of ether oxygens (including phenoxy) is 1. The zero-order chi connectivity index (χ0) is 9.84. The maximum atomic E-state index is 5.61. The van der Waals surface area contributed by atoms with Crippen molar-refractivity contribution in [2.24, 2.45) is 5.73 Å². The maximum Gasteiger partial charge on any atom is 0.0899 e. The Morgan fingerprint density at radius 3 is 3.00 bits per heavy atom. The Hall–Kier alpha value is -0.190. The molecular weight excluding hydrogens is 184 g/mol. The van der Waals surface area contributed by atoms with Crippen LogP contribution < -0.4 is 5.73 Å². The van der Waals surface area contributed by atoms with Crippen LogP contribution in [0.3, 0.4) is 0 Å². The van der Waals surface area contributed by atoms with Gasteiger partial charge >= 0.3 is 0 Å². The Morgan fingerprint density at radius 1 is 1.69 bits per heavy atom. The summed E-state index contributed by atoms with van der Waals surface area (Å²) in [6.07, 6.45) is 1.36. The van der Waals surface area contributed by atoms with Gasteiger partial charge in [0.25, 0.3) is 0 Å². The summed E-state index contributed by atoms with van der Waals surface area (Å²) in [5, 5.41) is 0. The number of thiocarbonyl (C=S) groups is 1. The summed E-state index contributed by atoms with van der Waals surface area (Å²) < 4.78 is 5.54. The second kappa shape index (κ2) is 4.88. The van der Waals surface area contributed by atoms with Crippen molar-refractivity contribution in [1.29, 1.82) is 0 Å². The monoisotopic (exact) mass is 202 g/mol. The highest BCUT2D eigenvalue weighted by atomic mass is 32.1. The average molecular weight is 202 g/mol. The molecule has 0 spiro atoms. The molecule has 2 unspecified atom stereocenters. The molecule has 0 amide bonds. The minimum atomic E-state index is 0.194. The van der Waals surface area contributed by atoms with Gasteiger partial charge in [0.15, 0.2) is 0 Å². The molecule has 4 heteroatoms. The number of nitrogens with two attached hydrogens (primary N) is 1. The Morgan fingerprint density at radius 2 is 2.38 bits per heavy atom. The van der Waals surface area contributed by atoms with E-state index in [2.05, 4.69) is 18.7 Å². The molecule has 0 aromatic heterocycles. The van der Waals surface area contributed by atoms with Gasteiger partial charge in [-0.05, 0) is 20.3 Å². The molecule has 0 aliphatic carbocycles. The summed E-state index contributed by atoms with van der Waals surface area (Å²) in [7, 11) is 0. The van der Waals surface area contributed by atoms with Crippen LogP contribution in [0.5, 0.6) is 0 Å². The predicted molar refractivity (Wildman–Crippen MR) is 57.9 cm³/mol. The van der Waals surface area contributed by atoms with E-state index in [-0.39, 0.29) is 6.04 Å². The predicted octanol–water partition coefficient (Wildman–Crippen LogP) is 0.772. The molecule has 13 heavy (non-hydrogen) atoms. The van der Waals surface area contributed by atoms with E-state index < -0.39 is 0 Å². The van der Waals surface area contributed by atoms with Crippen LogP contribution in [-0.2, 0) is 4.74 Å². The highest BCUT2D eigenvalue weighted by Crippen LogP contribution is 2.09. The van der Waals surface area contributed by atoms with Crippen molar-refractivity contribution >= 4 is 17.2 Å². The summed E-state index contributed by atoms with van der Waals surface area (Å²) in [5.41, 5.74) is 5.61. The van der Waals surface area contributed by atoms with Crippen LogP contribution in [0, 0.1) is 0 Å². The quantitative estimate of drug-likeness (QED) is 0.671. The van der Waals surface area contributed by atoms with Crippen molar-refractivity contribution in [3.05, 3.63) is 0 Å². The second-order valence-electron chi connectivity index (χ2n) is 3.61. The smallest absolute Gasteiger partial charge is 0.0899 e. The van der Waals surface area contributed by atoms with Crippen molar-refractivity contribution in [2.75, 3.05) is 19.7 Å². The minimum absolute atomic E-state index is 0.194. The summed E-state index contributed by atoms with van der Waals surface area (Å²) in [6.45, 7) is 6.95. The maximum absolute atomic E-state index is 5.61. The van der Waals surface area contributed by atoms with Crippen LogP contribution >= 0.6 is 12.2 Å². The normalized spacial score (nSPS) is 28.0. The molecular formula is C9H18N2OS. The van der Waals surface area contributed by atoms with Crippen LogP contribution in [0.4, 0.5) is 0 Å². The lowest BCUT2D eigenvalue weighted by atomic mass is 10.2. The second-order valence-corrected chi connectivity index (χ2v) is 4.08. The fourth-order valence-corrected chi connectivity index (χ4v) is 1.71. The van der Waals surface area contributed by atoms with Gasteiger partial charge in [0.05, 0.1) is 17.1 Å². The molecule has 2 N–H and O–H groups in total. The lowest BCUT2D eigenvalue weighted by Crippen LogP contribution is -2.44. The molecule has 0 aromatic carbocycles. The molecule has 76 valence electrons. The van der Waals surface area contributed by atoms with E-state index >= 15 is 0 Å². The molecule has 1 rings (SSSR count). The molecule has 0 aromatic rings. The van der Waals surface area contributed by atoms with Gasteiger partial charge < -0.3 is 10.5 Å². The standard InChI is InChI=1S/C9H18N2OS/c1-7-6-11(4-3-5-12-7)8(2)9(10)13/h7-8H,3-6H2,1-2H3,(H2,10,13). The van der Waals surface area contributed by atoms with E-state index in [4.69, 9.17) is 22.7 Å². The van der Waals surface area contributed by atoms with Crippen molar-refractivity contribution < 1.29 is 4.74 Å². The van der Waals surface area contributed by atoms with Gasteiger partial charge in [0, 0.05) is 19.7 Å². The van der Waals surface area contributed by atoms with Crippen molar-refractivity contribution in [3.63, 3.8) is 0 Å². The summed E-state index contributed by atoms with van der Waals surface area (Å²) in [4.78, 5) is 2.87. The van der Waals surface area contributed by atoms with Gasteiger partial charge in [-0.3, -0.25) is 4.90 Å². The Labute approximate surface area is 85.2 Å². The first kappa shape index (κ1) is 10.9. The first-order valence-electron chi connectivity index (χ1n) is 4.76. The van der Waals surface area contributed by atoms with Crippen LogP contribution in [-0.4, -0.2) is 41.7 Å². The Kier molecular flexibility index (Phi) is 4.09. The molecule has 1 saturated heterocycles. The molecule has 1 heterocycles. The Bertz CT molecular complexity index is 186. The van der Waals surface area contributed by atoms with Gasteiger partial charge in [-0.1, -0.05) is 12.2 Å². The van der Waals surface area contributed by atoms with E-state index in [1.54, 1.807) is 0 Å². The minimum Gasteiger partial charge on any atom is -0.392 e. The van der Waals surface area contributed by atoms with Gasteiger partial charge in [-0.25, -0.2) is 0 Å². The van der Waals surface area contributed by atoms with E-state index in [0.29, 0.717) is 11.1 Å². The van der Waals surface area contributed by atoms with E-state index in [9.17, 15) is 0 Å². The SMILES string of the molecule is CC1CN(C(C)C(N)=S)CCCO1. The number of hydrogen-bond acceptors (Lipinski definition) is 3. The molecule has 1 aliphatic heterocycles. The highest BCUT2D eigenvalue weighted by molar-refractivity contribution is 7.80. The number of rotatable bonds is 2. The third kappa shape index (κ3) is 3.21. The summed E-state index contributed by atoms with van der Waals surface area (Å²) in [5.74, 6) is 0. The first-order valence-corrected chi connectivity index (χ1v) is 5.17. The molecule has 2 atom stereocenters. The number of nitrogens with zero attached hydrogens (tertiary/aromatic N) is 1. The summed E-state index contributed by atoms with van der Waals surface area (Å²) >= 11 is 4.98. The van der Waals surface area contributed by atoms with Gasteiger partial charge in [-0.15, -0.1) is 0 Å². The fourth-order valence-electron chi connectivity index (χ4n) is 1.56. The lowest BCUT2D eigenvalue weighted by Gasteiger charge is -2.27. The van der Waals surface area contributed by atoms with Crippen LogP contribution in [0.2, 0.25) is 0 Å². The first-order chi connectivity index (χ1) is 6.11. The molecule has 3 nitrogen and oxygen atoms in total. The molecule has 0 radical (unpaired) electrons. The molecule has 1 fully saturated rings. The lowest BCUT2D eigenvalue weighted by molar-refractivity contribution is 0.0661. The third-order valence-electron chi connectivity index (χ3n) is 2.44. The van der Waals surface area contributed by atoms with E-state index in [1.807, 2.05) is 0 Å². The summed E-state index contributed by atoms with van der Waals surface area (Å²) in [6, 6.07) is 0.194. The van der Waals surface area contributed by atoms with Crippen molar-refractivity contribution in [1.82, 2.24) is 4.90 Å². The molecule has 1 aliphatic rings. The largest absolute Gasteiger partial charge is 0.392 e. The number of hydrogen-bond donors (Lipinski definition) is 1. The molecule has 0 bridgehead atoms. The third-order valence-corrected chi connectivity index (χ3v) is 2.78. The van der Waals surface area contributed by atoms with Crippen LogP contribution in [0.1, 0.15) is 20.3 Å². The average Bonchev–Trinajstić information content (AvgIpc) is 2.28. The van der Waals surface area contributed by atoms with E-state index in [0.717, 1.165) is 26.1 Å². The van der Waals surface area contributed by atoms with Crippen LogP contribution in [0.15, 0.2) is 0 Å². The van der Waals surface area contributed by atoms with Crippen molar-refractivity contribution in [3.8, 4) is 0 Å². The van der Waals surface area contributed by atoms with Gasteiger partial charge in [0.1, 0.15) is 0 Å². The zero-order valence-corrected chi connectivity index (χ0v) is 9.14. The highest BCUT2D eigenvalue weighted by Gasteiger charge is 2.20. The topological polar surface area (TPSA) is 38.5 Å². The molecule has 0 saturated carbocycles.